The first kappa shape index (κ1) is 51.4. The Morgan fingerprint density at radius 1 is 0.845 bits per heavy atom. The van der Waals surface area contributed by atoms with E-state index in [1.165, 1.54) is 60.6 Å². The lowest BCUT2D eigenvalue weighted by Crippen LogP contribution is -2.65. The maximum Gasteiger partial charge on any atom is 0.460 e. The summed E-state index contributed by atoms with van der Waals surface area (Å²) < 4.78 is 175. The third-order valence-corrected chi connectivity index (χ3v) is 15.7. The van der Waals surface area contributed by atoms with Gasteiger partial charge in [0.25, 0.3) is 0 Å². The van der Waals surface area contributed by atoms with E-state index in [-0.39, 0.29) is 25.0 Å². The molecule has 21 heteroatoms. The van der Waals surface area contributed by atoms with Gasteiger partial charge in [-0.15, -0.1) is 0 Å². The van der Waals surface area contributed by atoms with E-state index in [0.29, 0.717) is 0 Å². The number of carbonyl (C=O) groups is 2. The molecule has 0 bridgehead atoms. The van der Waals surface area contributed by atoms with Crippen LogP contribution in [0.5, 0.6) is 0 Å². The highest BCUT2D eigenvalue weighted by molar-refractivity contribution is 6.76. The summed E-state index contributed by atoms with van der Waals surface area (Å²) in [5.41, 5.74) is -4.87. The lowest BCUT2D eigenvalue weighted by atomic mass is 9.79. The van der Waals surface area contributed by atoms with E-state index in [2.05, 4.69) is 10.6 Å². The van der Waals surface area contributed by atoms with Gasteiger partial charge >= 0.3 is 36.2 Å². The monoisotopic (exact) mass is 877 g/mol. The van der Waals surface area contributed by atoms with Gasteiger partial charge in [-0.25, -0.2) is 4.79 Å². The van der Waals surface area contributed by atoms with Crippen LogP contribution in [0, 0.1) is 0 Å². The molecule has 0 radical (unpaired) electrons. The Labute approximate surface area is 332 Å². The second-order valence-electron chi connectivity index (χ2n) is 17.6. The topological polar surface area (TPSA) is 89.1 Å². The fourth-order valence-electron chi connectivity index (χ4n) is 7.43. The summed E-state index contributed by atoms with van der Waals surface area (Å²) in [7, 11) is -3.91. The molecular formula is C37H55F12N3O5Si. The first-order valence-corrected chi connectivity index (χ1v) is 20.8. The summed E-state index contributed by atoms with van der Waals surface area (Å²) in [4.78, 5) is 32.9. The smallest absolute Gasteiger partial charge is 0.444 e. The van der Waals surface area contributed by atoms with E-state index in [9.17, 15) is 62.3 Å². The lowest BCUT2D eigenvalue weighted by molar-refractivity contribution is -0.396. The Kier molecular flexibility index (Phi) is 15.6. The van der Waals surface area contributed by atoms with Gasteiger partial charge in [-0.05, 0) is 96.1 Å². The number of nitrogens with zero attached hydrogens (tertiary/aromatic N) is 1. The van der Waals surface area contributed by atoms with Crippen LogP contribution in [-0.2, 0) is 31.6 Å². The van der Waals surface area contributed by atoms with E-state index in [0.717, 1.165) is 12.1 Å². The number of nitrogens with one attached hydrogen (secondary N) is 2. The Morgan fingerprint density at radius 3 is 1.81 bits per heavy atom. The number of hydrogen-bond acceptors (Lipinski definition) is 6. The van der Waals surface area contributed by atoms with Crippen LogP contribution in [0.3, 0.4) is 0 Å². The van der Waals surface area contributed by atoms with Gasteiger partial charge in [-0.3, -0.25) is 9.63 Å². The number of alkyl halides is 12. The minimum absolute atomic E-state index is 0.202. The third-order valence-electron chi connectivity index (χ3n) is 10.1. The molecule has 8 nitrogen and oxygen atoms in total. The van der Waals surface area contributed by atoms with E-state index in [4.69, 9.17) is 14.0 Å². The molecule has 0 saturated carbocycles. The molecule has 1 heterocycles. The van der Waals surface area contributed by atoms with Gasteiger partial charge < -0.3 is 19.8 Å². The molecule has 1 aromatic carbocycles. The maximum absolute atomic E-state index is 14.8. The van der Waals surface area contributed by atoms with Crippen molar-refractivity contribution >= 4 is 20.3 Å². The molecule has 1 atom stereocenters. The predicted molar refractivity (Wildman–Crippen MR) is 193 cm³/mol. The molecule has 1 aromatic rings. The van der Waals surface area contributed by atoms with Crippen LogP contribution in [0.15, 0.2) is 24.3 Å². The van der Waals surface area contributed by atoms with Crippen LogP contribution in [0.4, 0.5) is 57.5 Å². The maximum atomic E-state index is 14.8. The zero-order chi connectivity index (χ0) is 45.3. The summed E-state index contributed by atoms with van der Waals surface area (Å²) >= 11 is 0. The van der Waals surface area contributed by atoms with Gasteiger partial charge in [0.1, 0.15) is 11.6 Å². The van der Waals surface area contributed by atoms with E-state index < -0.39 is 115 Å². The van der Waals surface area contributed by atoms with Gasteiger partial charge in [0.2, 0.25) is 5.91 Å². The van der Waals surface area contributed by atoms with Crippen molar-refractivity contribution < 1.29 is 76.3 Å². The van der Waals surface area contributed by atoms with Crippen LogP contribution in [0.2, 0.25) is 17.1 Å². The van der Waals surface area contributed by atoms with Gasteiger partial charge in [0.15, 0.2) is 8.32 Å². The van der Waals surface area contributed by atoms with Crippen molar-refractivity contribution in [2.45, 2.75) is 178 Å². The number of hydroxylamine groups is 2. The summed E-state index contributed by atoms with van der Waals surface area (Å²) in [6, 6.07) is 1.36. The molecule has 336 valence electrons. The summed E-state index contributed by atoms with van der Waals surface area (Å²) in [6.07, 6.45) is -14.3. The third kappa shape index (κ3) is 12.2. The molecule has 2 rings (SSSR count). The van der Waals surface area contributed by atoms with Gasteiger partial charge in [-0.1, -0.05) is 39.8 Å². The molecule has 0 unspecified atom stereocenters. The van der Waals surface area contributed by atoms with Crippen molar-refractivity contribution in [1.82, 2.24) is 15.7 Å². The van der Waals surface area contributed by atoms with Gasteiger partial charge in [0, 0.05) is 23.5 Å². The number of alkyl carbamates (subject to hydrolysis) is 1. The van der Waals surface area contributed by atoms with Crippen molar-refractivity contribution in [2.24, 2.45) is 0 Å². The molecule has 2 amide bonds. The standard InChI is InChI=1S/C37H55F12N3O5Si/c1-22(2)58(23(3)4,16-15-33(38,39)35(43,44)36(45,46)37(47,48)49)56-21-27(51-29(54)57-30(5,6)7)28(53)50-26-18-31(8,9)52(32(10,11)19-26)55-20-24-13-12-14-25(17-24)34(40,41)42/h12-14,17,22-23,26-27H,15-16,18-21H2,1-11H3,(H,50,53)(H,51,54)/t27-/m0/s1. The molecule has 2 N–H and O–H groups in total. The highest BCUT2D eigenvalue weighted by Gasteiger charge is 2.81. The molecule has 1 aliphatic heterocycles. The highest BCUT2D eigenvalue weighted by atomic mass is 28.4. The molecule has 0 aliphatic carbocycles. The number of hydrogen-bond donors (Lipinski definition) is 2. The number of carbonyl (C=O) groups excluding carboxylic acids is 2. The highest BCUT2D eigenvalue weighted by Crippen LogP contribution is 2.55. The fourth-order valence-corrected chi connectivity index (χ4v) is 11.9. The number of halogens is 12. The minimum Gasteiger partial charge on any atom is -0.444 e. The fraction of sp³-hybridized carbons (Fsp3) is 0.784. The Morgan fingerprint density at radius 2 is 1.36 bits per heavy atom. The average Bonchev–Trinajstić information content (AvgIpc) is 3.00. The van der Waals surface area contributed by atoms with Crippen molar-refractivity contribution in [3.05, 3.63) is 35.4 Å². The number of piperidine rings is 1. The zero-order valence-corrected chi connectivity index (χ0v) is 35.4. The number of rotatable bonds is 16. The van der Waals surface area contributed by atoms with E-state index in [1.807, 2.05) is 0 Å². The Balaban J connectivity index is 2.38. The number of ether oxygens (including phenoxy) is 1. The molecule has 0 aromatic heterocycles. The van der Waals surface area contributed by atoms with Crippen molar-refractivity contribution in [2.75, 3.05) is 6.61 Å². The SMILES string of the molecule is CC(C)[Si](CCC(F)(F)C(F)(F)C(F)(F)C(F)(F)F)(OC[C@H](NC(=O)OC(C)(C)C)C(=O)NC1CC(C)(C)N(OCc2cccc(C(F)(F)F)c2)C(C)(C)C1)C(C)C. The van der Waals surface area contributed by atoms with E-state index in [1.54, 1.807) is 32.8 Å². The molecule has 1 aliphatic rings. The van der Waals surface area contributed by atoms with Crippen molar-refractivity contribution in [3.63, 3.8) is 0 Å². The van der Waals surface area contributed by atoms with Crippen LogP contribution >= 0.6 is 0 Å². The van der Waals surface area contributed by atoms with Gasteiger partial charge in [-0.2, -0.15) is 57.7 Å². The first-order chi connectivity index (χ1) is 25.8. The quantitative estimate of drug-likeness (QED) is 0.127. The Hall–Kier alpha value is -2.78. The second-order valence-corrected chi connectivity index (χ2v) is 22.6. The molecule has 0 spiro atoms. The first-order valence-electron chi connectivity index (χ1n) is 18.6. The Bertz CT molecular complexity index is 1540. The summed E-state index contributed by atoms with van der Waals surface area (Å²) in [6.45, 7) is 16.6. The molecule has 1 fully saturated rings. The van der Waals surface area contributed by atoms with Crippen LogP contribution in [0.1, 0.15) is 107 Å². The van der Waals surface area contributed by atoms with Crippen LogP contribution in [0.25, 0.3) is 0 Å². The predicted octanol–water partition coefficient (Wildman–Crippen LogP) is 10.8. The summed E-state index contributed by atoms with van der Waals surface area (Å²) in [5, 5.41) is 6.82. The van der Waals surface area contributed by atoms with Crippen molar-refractivity contribution in [3.8, 4) is 0 Å². The zero-order valence-electron chi connectivity index (χ0n) is 34.4. The van der Waals surface area contributed by atoms with E-state index >= 15 is 0 Å². The normalized spacial score (nSPS) is 18.4. The van der Waals surface area contributed by atoms with Crippen LogP contribution in [-0.4, -0.2) is 84.7 Å². The van der Waals surface area contributed by atoms with Crippen LogP contribution < -0.4 is 10.6 Å². The molecule has 1 saturated heterocycles. The molecule has 58 heavy (non-hydrogen) atoms. The van der Waals surface area contributed by atoms with Gasteiger partial charge in [0.05, 0.1) is 18.8 Å². The largest absolute Gasteiger partial charge is 0.460 e. The summed E-state index contributed by atoms with van der Waals surface area (Å²) in [5.74, 6) is -20.6. The number of benzene rings is 1. The average molecular weight is 878 g/mol. The number of amides is 2. The molecular weight excluding hydrogens is 822 g/mol. The second kappa shape index (κ2) is 17.7. The van der Waals surface area contributed by atoms with Crippen molar-refractivity contribution in [1.29, 1.82) is 0 Å². The minimum atomic E-state index is -7.06. The lowest BCUT2D eigenvalue weighted by Gasteiger charge is -2.54.